The number of hydrogen-bond donors (Lipinski definition) is 1. The quantitative estimate of drug-likeness (QED) is 0.614. The molecule has 1 nitrogen and oxygen atoms in total. The van der Waals surface area contributed by atoms with Crippen LogP contribution in [0.25, 0.3) is 0 Å². The maximum absolute atomic E-state index is 13.1. The topological polar surface area (TPSA) is 12.0 Å². The summed E-state index contributed by atoms with van der Waals surface area (Å²) in [7, 11) is 0. The standard InChI is InChI=1S/C16H16BrFIN/c1-2-9-20-16(11-3-5-12(18)6-4-11)14-10-13(19)7-8-15(14)17/h3-8,10,16,20H,2,9H2,1H3. The van der Waals surface area contributed by atoms with Gasteiger partial charge in [0, 0.05) is 8.04 Å². The van der Waals surface area contributed by atoms with Gasteiger partial charge in [-0.15, -0.1) is 0 Å². The molecule has 1 unspecified atom stereocenters. The van der Waals surface area contributed by atoms with Crippen LogP contribution >= 0.6 is 38.5 Å². The van der Waals surface area contributed by atoms with E-state index in [1.165, 1.54) is 21.3 Å². The molecule has 0 aliphatic carbocycles. The van der Waals surface area contributed by atoms with Gasteiger partial charge in [-0.05, 0) is 77.0 Å². The van der Waals surface area contributed by atoms with Gasteiger partial charge < -0.3 is 5.32 Å². The second-order valence-corrected chi connectivity index (χ2v) is 6.70. The Labute approximate surface area is 141 Å². The summed E-state index contributed by atoms with van der Waals surface area (Å²) in [6.07, 6.45) is 1.05. The molecule has 0 amide bonds. The van der Waals surface area contributed by atoms with Crippen LogP contribution in [-0.2, 0) is 0 Å². The Kier molecular flexibility index (Phi) is 5.99. The summed E-state index contributed by atoms with van der Waals surface area (Å²) in [6.45, 7) is 3.05. The predicted molar refractivity (Wildman–Crippen MR) is 93.4 cm³/mol. The first-order valence-corrected chi connectivity index (χ1v) is 8.42. The van der Waals surface area contributed by atoms with E-state index in [4.69, 9.17) is 0 Å². The fraction of sp³-hybridized carbons (Fsp3) is 0.250. The molecule has 2 rings (SSSR count). The molecule has 1 N–H and O–H groups in total. The summed E-state index contributed by atoms with van der Waals surface area (Å²) in [5.74, 6) is -0.204. The first kappa shape index (κ1) is 15.9. The summed E-state index contributed by atoms with van der Waals surface area (Å²) in [5.41, 5.74) is 2.25. The van der Waals surface area contributed by atoms with E-state index in [1.54, 1.807) is 0 Å². The molecule has 0 fully saturated rings. The molecule has 2 aromatic carbocycles. The summed E-state index contributed by atoms with van der Waals surface area (Å²) in [6, 6.07) is 13.1. The Morgan fingerprint density at radius 1 is 1.20 bits per heavy atom. The minimum atomic E-state index is -0.204. The Hall–Kier alpha value is -0.460. The minimum Gasteiger partial charge on any atom is -0.306 e. The second kappa shape index (κ2) is 7.52. The van der Waals surface area contributed by atoms with Gasteiger partial charge in [0.05, 0.1) is 6.04 Å². The van der Waals surface area contributed by atoms with Crippen molar-refractivity contribution in [3.8, 4) is 0 Å². The van der Waals surface area contributed by atoms with Gasteiger partial charge in [0.15, 0.2) is 0 Å². The van der Waals surface area contributed by atoms with Crippen molar-refractivity contribution in [2.45, 2.75) is 19.4 Å². The first-order valence-electron chi connectivity index (χ1n) is 6.55. The fourth-order valence-corrected chi connectivity index (χ4v) is 3.08. The van der Waals surface area contributed by atoms with Crippen molar-refractivity contribution < 1.29 is 4.39 Å². The Morgan fingerprint density at radius 2 is 1.90 bits per heavy atom. The third kappa shape index (κ3) is 4.02. The highest BCUT2D eigenvalue weighted by atomic mass is 127. The van der Waals surface area contributed by atoms with Crippen molar-refractivity contribution in [1.29, 1.82) is 0 Å². The lowest BCUT2D eigenvalue weighted by molar-refractivity contribution is 0.591. The molecule has 0 heterocycles. The maximum atomic E-state index is 13.1. The molecule has 0 bridgehead atoms. The molecule has 0 saturated carbocycles. The van der Waals surface area contributed by atoms with Crippen molar-refractivity contribution in [1.82, 2.24) is 5.32 Å². The van der Waals surface area contributed by atoms with Gasteiger partial charge >= 0.3 is 0 Å². The number of rotatable bonds is 5. The average Bonchev–Trinajstić information content (AvgIpc) is 2.44. The molecule has 0 radical (unpaired) electrons. The van der Waals surface area contributed by atoms with Crippen LogP contribution in [0.2, 0.25) is 0 Å². The highest BCUT2D eigenvalue weighted by Gasteiger charge is 2.16. The van der Waals surface area contributed by atoms with Crippen molar-refractivity contribution >= 4 is 38.5 Å². The van der Waals surface area contributed by atoms with Crippen molar-refractivity contribution in [3.63, 3.8) is 0 Å². The normalized spacial score (nSPS) is 12.4. The first-order chi connectivity index (χ1) is 9.61. The molecule has 2 aromatic rings. The number of hydrogen-bond acceptors (Lipinski definition) is 1. The van der Waals surface area contributed by atoms with Gasteiger partial charge in [-0.25, -0.2) is 4.39 Å². The zero-order valence-electron chi connectivity index (χ0n) is 11.2. The average molecular weight is 448 g/mol. The lowest BCUT2D eigenvalue weighted by Gasteiger charge is -2.21. The fourth-order valence-electron chi connectivity index (χ4n) is 2.09. The molecule has 0 aromatic heterocycles. The maximum Gasteiger partial charge on any atom is 0.123 e. The van der Waals surface area contributed by atoms with Crippen LogP contribution < -0.4 is 5.32 Å². The van der Waals surface area contributed by atoms with Crippen LogP contribution in [0.5, 0.6) is 0 Å². The molecule has 20 heavy (non-hydrogen) atoms. The minimum absolute atomic E-state index is 0.0691. The van der Waals surface area contributed by atoms with Gasteiger partial charge in [-0.2, -0.15) is 0 Å². The van der Waals surface area contributed by atoms with Gasteiger partial charge in [0.1, 0.15) is 5.82 Å². The number of halogens is 3. The molecule has 0 saturated heterocycles. The third-order valence-electron chi connectivity index (χ3n) is 3.07. The predicted octanol–water partition coefficient (Wildman–Crippen LogP) is 5.28. The van der Waals surface area contributed by atoms with Crippen LogP contribution in [0.15, 0.2) is 46.9 Å². The van der Waals surface area contributed by atoms with Gasteiger partial charge in [0.25, 0.3) is 0 Å². The Morgan fingerprint density at radius 3 is 2.55 bits per heavy atom. The summed E-state index contributed by atoms with van der Waals surface area (Å²) in [4.78, 5) is 0. The van der Waals surface area contributed by atoms with E-state index in [0.717, 1.165) is 23.0 Å². The SMILES string of the molecule is CCCNC(c1ccc(F)cc1)c1cc(I)ccc1Br. The van der Waals surface area contributed by atoms with Gasteiger partial charge in [0.2, 0.25) is 0 Å². The van der Waals surface area contributed by atoms with Crippen LogP contribution in [0.3, 0.4) is 0 Å². The smallest absolute Gasteiger partial charge is 0.123 e. The molecule has 1 atom stereocenters. The lowest BCUT2D eigenvalue weighted by atomic mass is 9.98. The monoisotopic (exact) mass is 447 g/mol. The molecule has 0 aliphatic heterocycles. The summed E-state index contributed by atoms with van der Waals surface area (Å²) < 4.78 is 15.4. The van der Waals surface area contributed by atoms with Gasteiger partial charge in [-0.3, -0.25) is 0 Å². The van der Waals surface area contributed by atoms with E-state index in [0.29, 0.717) is 0 Å². The lowest BCUT2D eigenvalue weighted by Crippen LogP contribution is -2.23. The van der Waals surface area contributed by atoms with E-state index in [-0.39, 0.29) is 11.9 Å². The molecular weight excluding hydrogens is 432 g/mol. The van der Waals surface area contributed by atoms with E-state index in [2.05, 4.69) is 69.0 Å². The van der Waals surface area contributed by atoms with Crippen molar-refractivity contribution in [2.24, 2.45) is 0 Å². The van der Waals surface area contributed by atoms with Gasteiger partial charge in [-0.1, -0.05) is 35.0 Å². The van der Waals surface area contributed by atoms with E-state index in [9.17, 15) is 4.39 Å². The largest absolute Gasteiger partial charge is 0.306 e. The van der Waals surface area contributed by atoms with Crippen LogP contribution in [-0.4, -0.2) is 6.54 Å². The zero-order valence-corrected chi connectivity index (χ0v) is 14.9. The zero-order chi connectivity index (χ0) is 14.5. The molecule has 4 heteroatoms. The molecule has 0 aliphatic rings. The third-order valence-corrected chi connectivity index (χ3v) is 4.46. The summed E-state index contributed by atoms with van der Waals surface area (Å²) in [5, 5.41) is 3.53. The Bertz CT molecular complexity index is 571. The van der Waals surface area contributed by atoms with E-state index < -0.39 is 0 Å². The molecule has 106 valence electrons. The van der Waals surface area contributed by atoms with Crippen LogP contribution in [0.1, 0.15) is 30.5 Å². The molecule has 0 spiro atoms. The highest BCUT2D eigenvalue weighted by molar-refractivity contribution is 14.1. The van der Waals surface area contributed by atoms with Crippen LogP contribution in [0.4, 0.5) is 4.39 Å². The Balaban J connectivity index is 2.41. The van der Waals surface area contributed by atoms with Crippen molar-refractivity contribution in [2.75, 3.05) is 6.54 Å². The van der Waals surface area contributed by atoms with E-state index >= 15 is 0 Å². The second-order valence-electron chi connectivity index (χ2n) is 4.60. The molecular formula is C16H16BrFIN. The van der Waals surface area contributed by atoms with Crippen molar-refractivity contribution in [3.05, 3.63) is 67.5 Å². The van der Waals surface area contributed by atoms with E-state index in [1.807, 2.05) is 12.1 Å². The number of benzene rings is 2. The highest BCUT2D eigenvalue weighted by Crippen LogP contribution is 2.30. The number of nitrogens with one attached hydrogen (secondary N) is 1. The van der Waals surface area contributed by atoms with Crippen LogP contribution in [0, 0.1) is 9.39 Å². The summed E-state index contributed by atoms with van der Waals surface area (Å²) >= 11 is 5.93.